The normalized spacial score (nSPS) is 10.2. The predicted octanol–water partition coefficient (Wildman–Crippen LogP) is 1.57. The topological polar surface area (TPSA) is 104 Å². The molecule has 5 nitrogen and oxygen atoms in total. The van der Waals surface area contributed by atoms with Crippen LogP contribution in [0.5, 0.6) is 17.2 Å². The Morgan fingerprint density at radius 2 is 1.61 bits per heavy atom. The quantitative estimate of drug-likeness (QED) is 0.644. The molecule has 2 rings (SSSR count). The van der Waals surface area contributed by atoms with Gasteiger partial charge in [0.05, 0.1) is 11.1 Å². The molecule has 5 N–H and O–H groups in total. The van der Waals surface area contributed by atoms with Crippen LogP contribution in [0.4, 0.5) is 0 Å². The molecule has 0 spiro atoms. The van der Waals surface area contributed by atoms with Gasteiger partial charge in [0.15, 0.2) is 0 Å². The van der Waals surface area contributed by atoms with Crippen LogP contribution in [0.1, 0.15) is 10.4 Å². The van der Waals surface area contributed by atoms with E-state index < -0.39 is 11.7 Å². The molecule has 0 unspecified atom stereocenters. The molecule has 0 radical (unpaired) electrons. The van der Waals surface area contributed by atoms with E-state index in [4.69, 9.17) is 5.73 Å². The second-order valence-electron chi connectivity index (χ2n) is 3.74. The number of phenolic OH excluding ortho intramolecular Hbond substituents is 2. The highest BCUT2D eigenvalue weighted by Crippen LogP contribution is 2.42. The van der Waals surface area contributed by atoms with E-state index in [0.29, 0.717) is 0 Å². The van der Waals surface area contributed by atoms with Crippen LogP contribution < -0.4 is 5.73 Å². The average molecular weight is 245 g/mol. The second kappa shape index (κ2) is 4.29. The van der Waals surface area contributed by atoms with Crippen molar-refractivity contribution < 1.29 is 20.1 Å². The Morgan fingerprint density at radius 3 is 2.22 bits per heavy atom. The fourth-order valence-electron chi connectivity index (χ4n) is 1.73. The zero-order valence-corrected chi connectivity index (χ0v) is 9.29. The zero-order chi connectivity index (χ0) is 13.3. The molecule has 0 heterocycles. The van der Waals surface area contributed by atoms with Gasteiger partial charge in [0.1, 0.15) is 17.2 Å². The molecule has 0 aliphatic heterocycles. The van der Waals surface area contributed by atoms with Crippen molar-refractivity contribution in [2.24, 2.45) is 5.73 Å². The first-order chi connectivity index (χ1) is 8.52. The summed E-state index contributed by atoms with van der Waals surface area (Å²) < 4.78 is 0. The van der Waals surface area contributed by atoms with Crippen LogP contribution in [0.15, 0.2) is 36.4 Å². The van der Waals surface area contributed by atoms with E-state index in [1.165, 1.54) is 24.3 Å². The second-order valence-corrected chi connectivity index (χ2v) is 3.74. The van der Waals surface area contributed by atoms with Gasteiger partial charge in [-0.25, -0.2) is 0 Å². The number of nitrogens with two attached hydrogens (primary N) is 1. The van der Waals surface area contributed by atoms with Crippen molar-refractivity contribution in [1.82, 2.24) is 0 Å². The average Bonchev–Trinajstić information content (AvgIpc) is 2.31. The van der Waals surface area contributed by atoms with Gasteiger partial charge in [0.2, 0.25) is 0 Å². The number of primary amides is 1. The summed E-state index contributed by atoms with van der Waals surface area (Å²) in [5.41, 5.74) is 5.18. The highest BCUT2D eigenvalue weighted by Gasteiger charge is 2.19. The molecule has 0 atom stereocenters. The molecule has 0 aromatic heterocycles. The van der Waals surface area contributed by atoms with Crippen LogP contribution in [0.3, 0.4) is 0 Å². The lowest BCUT2D eigenvalue weighted by atomic mass is 9.99. The van der Waals surface area contributed by atoms with Crippen molar-refractivity contribution in [3.8, 4) is 28.4 Å². The van der Waals surface area contributed by atoms with Crippen LogP contribution in [0.2, 0.25) is 0 Å². The molecular formula is C13H11NO4. The van der Waals surface area contributed by atoms with Gasteiger partial charge < -0.3 is 21.1 Å². The third kappa shape index (κ3) is 1.82. The number of hydrogen-bond donors (Lipinski definition) is 4. The molecule has 0 saturated heterocycles. The van der Waals surface area contributed by atoms with E-state index in [1.807, 2.05) is 0 Å². The third-order valence-corrected chi connectivity index (χ3v) is 2.59. The van der Waals surface area contributed by atoms with Gasteiger partial charge in [-0.15, -0.1) is 0 Å². The molecule has 0 aliphatic rings. The Bertz CT molecular complexity index is 622. The van der Waals surface area contributed by atoms with Crippen molar-refractivity contribution in [1.29, 1.82) is 0 Å². The first kappa shape index (κ1) is 11.8. The monoisotopic (exact) mass is 245 g/mol. The first-order valence-corrected chi connectivity index (χ1v) is 5.15. The lowest BCUT2D eigenvalue weighted by Gasteiger charge is -2.11. The first-order valence-electron chi connectivity index (χ1n) is 5.15. The van der Waals surface area contributed by atoms with Crippen LogP contribution in [0.25, 0.3) is 11.1 Å². The Kier molecular flexibility index (Phi) is 2.81. The van der Waals surface area contributed by atoms with Crippen molar-refractivity contribution in [3.05, 3.63) is 42.0 Å². The lowest BCUT2D eigenvalue weighted by molar-refractivity contribution is 0.0998. The van der Waals surface area contributed by atoms with Crippen molar-refractivity contribution in [3.63, 3.8) is 0 Å². The van der Waals surface area contributed by atoms with Gasteiger partial charge in [-0.05, 0) is 18.2 Å². The van der Waals surface area contributed by atoms with Crippen molar-refractivity contribution >= 4 is 5.91 Å². The number of carbonyl (C=O) groups excluding carboxylic acids is 1. The summed E-state index contributed by atoms with van der Waals surface area (Å²) in [5, 5.41) is 29.4. The molecule has 92 valence electrons. The van der Waals surface area contributed by atoms with Gasteiger partial charge in [0, 0.05) is 5.56 Å². The largest absolute Gasteiger partial charge is 0.507 e. The number of aromatic hydroxyl groups is 3. The van der Waals surface area contributed by atoms with Crippen LogP contribution in [0, 0.1) is 0 Å². The molecule has 18 heavy (non-hydrogen) atoms. The minimum atomic E-state index is -0.816. The molecule has 2 aromatic rings. The number of para-hydroxylation sites is 1. The number of rotatable bonds is 2. The maximum atomic E-state index is 11.1. The molecule has 5 heteroatoms. The standard InChI is InChI=1S/C13H11NO4/c14-13(18)8-5-6-10(16)11(12(8)17)7-3-1-2-4-9(7)15/h1-6,15-17H,(H2,14,18). The van der Waals surface area contributed by atoms with E-state index in [0.717, 1.165) is 0 Å². The minimum absolute atomic E-state index is 0.0237. The maximum absolute atomic E-state index is 11.1. The van der Waals surface area contributed by atoms with Gasteiger partial charge in [0.25, 0.3) is 5.91 Å². The Hall–Kier alpha value is -2.69. The fourth-order valence-corrected chi connectivity index (χ4v) is 1.73. The molecule has 0 saturated carbocycles. The number of benzene rings is 2. The lowest BCUT2D eigenvalue weighted by Crippen LogP contribution is -2.11. The Morgan fingerprint density at radius 1 is 0.944 bits per heavy atom. The predicted molar refractivity (Wildman–Crippen MR) is 65.4 cm³/mol. The van der Waals surface area contributed by atoms with E-state index in [2.05, 4.69) is 0 Å². The summed E-state index contributed by atoms with van der Waals surface area (Å²) in [6.45, 7) is 0. The molecule has 1 amide bonds. The highest BCUT2D eigenvalue weighted by atomic mass is 16.3. The summed E-state index contributed by atoms with van der Waals surface area (Å²) in [6, 6.07) is 8.61. The van der Waals surface area contributed by atoms with Gasteiger partial charge in [-0.3, -0.25) is 4.79 Å². The van der Waals surface area contributed by atoms with Gasteiger partial charge in [-0.1, -0.05) is 18.2 Å². The third-order valence-electron chi connectivity index (χ3n) is 2.59. The van der Waals surface area contributed by atoms with E-state index in [1.54, 1.807) is 12.1 Å². The molecule has 2 aromatic carbocycles. The van der Waals surface area contributed by atoms with Crippen LogP contribution >= 0.6 is 0 Å². The highest BCUT2D eigenvalue weighted by molar-refractivity contribution is 5.99. The van der Waals surface area contributed by atoms with Crippen molar-refractivity contribution in [2.45, 2.75) is 0 Å². The molecular weight excluding hydrogens is 234 g/mol. The zero-order valence-electron chi connectivity index (χ0n) is 9.29. The van der Waals surface area contributed by atoms with E-state index in [-0.39, 0.29) is 28.2 Å². The Balaban J connectivity index is 2.75. The van der Waals surface area contributed by atoms with E-state index >= 15 is 0 Å². The number of hydrogen-bond acceptors (Lipinski definition) is 4. The summed E-state index contributed by atoms with van der Waals surface area (Å²) in [6.07, 6.45) is 0. The summed E-state index contributed by atoms with van der Waals surface area (Å²) in [4.78, 5) is 11.1. The van der Waals surface area contributed by atoms with E-state index in [9.17, 15) is 20.1 Å². The summed E-state index contributed by atoms with van der Waals surface area (Å²) >= 11 is 0. The van der Waals surface area contributed by atoms with Crippen molar-refractivity contribution in [2.75, 3.05) is 0 Å². The number of phenols is 3. The number of carbonyl (C=O) groups is 1. The molecule has 0 aliphatic carbocycles. The molecule has 0 fully saturated rings. The fraction of sp³-hybridized carbons (Fsp3) is 0. The molecule has 0 bridgehead atoms. The maximum Gasteiger partial charge on any atom is 0.252 e. The SMILES string of the molecule is NC(=O)c1ccc(O)c(-c2ccccc2O)c1O. The smallest absolute Gasteiger partial charge is 0.252 e. The summed E-state index contributed by atoms with van der Waals surface area (Å²) in [7, 11) is 0. The van der Waals surface area contributed by atoms with Crippen LogP contribution in [-0.2, 0) is 0 Å². The summed E-state index contributed by atoms with van der Waals surface area (Å²) in [5.74, 6) is -1.64. The van der Waals surface area contributed by atoms with Gasteiger partial charge in [-0.2, -0.15) is 0 Å². The van der Waals surface area contributed by atoms with Crippen LogP contribution in [-0.4, -0.2) is 21.2 Å². The van der Waals surface area contributed by atoms with Gasteiger partial charge >= 0.3 is 0 Å². The Labute approximate surface area is 103 Å². The number of amides is 1. The minimum Gasteiger partial charge on any atom is -0.507 e.